The van der Waals surface area contributed by atoms with E-state index >= 15 is 0 Å². The number of nitrogens with two attached hydrogens (primary N) is 2. The van der Waals surface area contributed by atoms with Gasteiger partial charge in [-0.2, -0.15) is 0 Å². The summed E-state index contributed by atoms with van der Waals surface area (Å²) in [5, 5.41) is 3.02. The Labute approximate surface area is 116 Å². The Morgan fingerprint density at radius 1 is 1.53 bits per heavy atom. The van der Waals surface area contributed by atoms with Gasteiger partial charge in [-0.1, -0.05) is 13.3 Å². The first kappa shape index (κ1) is 17.5. The first-order valence-corrected chi connectivity index (χ1v) is 6.91. The largest absolute Gasteiger partial charge is 0.405 e. The van der Waals surface area contributed by atoms with Gasteiger partial charge in [0.05, 0.1) is 0 Å². The maximum absolute atomic E-state index is 11.0. The van der Waals surface area contributed by atoms with Crippen LogP contribution < -0.4 is 16.8 Å². The van der Waals surface area contributed by atoms with E-state index in [1.165, 1.54) is 6.20 Å². The molecular weight excluding hydrogens is 240 g/mol. The van der Waals surface area contributed by atoms with Gasteiger partial charge in [0.15, 0.2) is 0 Å². The van der Waals surface area contributed by atoms with E-state index < -0.39 is 0 Å². The molecule has 0 unspecified atom stereocenters. The van der Waals surface area contributed by atoms with Crippen molar-refractivity contribution >= 4 is 5.91 Å². The predicted octanol–water partition coefficient (Wildman–Crippen LogP) is 0.930. The van der Waals surface area contributed by atoms with Crippen LogP contribution in [0.4, 0.5) is 0 Å². The van der Waals surface area contributed by atoms with E-state index in [9.17, 15) is 4.79 Å². The molecule has 110 valence electrons. The van der Waals surface area contributed by atoms with Crippen molar-refractivity contribution in [2.24, 2.45) is 11.5 Å². The molecule has 1 rings (SSSR count). The first-order valence-electron chi connectivity index (χ1n) is 6.91. The summed E-state index contributed by atoms with van der Waals surface area (Å²) in [6, 6.07) is 0. The van der Waals surface area contributed by atoms with Crippen LogP contribution in [-0.4, -0.2) is 37.5 Å². The van der Waals surface area contributed by atoms with E-state index in [4.69, 9.17) is 11.5 Å². The van der Waals surface area contributed by atoms with Crippen molar-refractivity contribution < 1.29 is 4.79 Å². The Hall–Kier alpha value is -1.49. The summed E-state index contributed by atoms with van der Waals surface area (Å²) in [5.74, 6) is 0.315. The molecule has 1 aliphatic heterocycles. The number of hydrogen-bond acceptors (Lipinski definition) is 4. The first-order chi connectivity index (χ1) is 9.15. The highest BCUT2D eigenvalue weighted by molar-refractivity contribution is 5.78. The molecule has 1 saturated heterocycles. The topological polar surface area (TPSA) is 84.4 Å². The maximum atomic E-state index is 11.0. The van der Waals surface area contributed by atoms with Crippen molar-refractivity contribution in [2.45, 2.75) is 32.6 Å². The molecule has 5 heteroatoms. The fourth-order valence-electron chi connectivity index (χ4n) is 1.74. The SMILES string of the molecule is CCC/C(N)=C/C=C\N.CNCCN1CCCC1=O. The van der Waals surface area contributed by atoms with Crippen molar-refractivity contribution in [3.8, 4) is 0 Å². The van der Waals surface area contributed by atoms with Crippen LogP contribution in [0.1, 0.15) is 32.6 Å². The van der Waals surface area contributed by atoms with Gasteiger partial charge in [0.25, 0.3) is 0 Å². The van der Waals surface area contributed by atoms with Crippen LogP contribution in [0.15, 0.2) is 24.0 Å². The van der Waals surface area contributed by atoms with E-state index in [0.717, 1.165) is 51.0 Å². The summed E-state index contributed by atoms with van der Waals surface area (Å²) < 4.78 is 0. The number of likely N-dealkylation sites (N-methyl/N-ethyl adjacent to an activating group) is 1. The van der Waals surface area contributed by atoms with E-state index in [-0.39, 0.29) is 0 Å². The summed E-state index contributed by atoms with van der Waals surface area (Å²) in [6.07, 6.45) is 8.87. The smallest absolute Gasteiger partial charge is 0.222 e. The lowest BCUT2D eigenvalue weighted by molar-refractivity contribution is -0.127. The van der Waals surface area contributed by atoms with E-state index in [0.29, 0.717) is 5.91 Å². The lowest BCUT2D eigenvalue weighted by Crippen LogP contribution is -2.31. The molecule has 1 aliphatic rings. The quantitative estimate of drug-likeness (QED) is 0.626. The standard InChI is InChI=1S/C7H14N2O.C7H14N2/c1-8-4-6-9-5-2-3-7(9)10;1-2-4-7(9)5-3-6-8/h8H,2-6H2,1H3;3,5-6H,2,4,8-9H2,1H3/b;6-3-,7-5-. The molecule has 1 amide bonds. The van der Waals surface area contributed by atoms with Gasteiger partial charge < -0.3 is 21.7 Å². The second kappa shape index (κ2) is 11.6. The predicted molar refractivity (Wildman–Crippen MR) is 80.2 cm³/mol. The van der Waals surface area contributed by atoms with E-state index in [2.05, 4.69) is 12.2 Å². The zero-order valence-corrected chi connectivity index (χ0v) is 12.2. The molecule has 5 N–H and O–H groups in total. The van der Waals surface area contributed by atoms with Crippen molar-refractivity contribution in [3.05, 3.63) is 24.0 Å². The Morgan fingerprint density at radius 3 is 2.74 bits per heavy atom. The molecule has 0 saturated carbocycles. The van der Waals surface area contributed by atoms with Gasteiger partial charge in [-0.3, -0.25) is 4.79 Å². The van der Waals surface area contributed by atoms with E-state index in [1.54, 1.807) is 6.08 Å². The van der Waals surface area contributed by atoms with Gasteiger partial charge in [0.2, 0.25) is 5.91 Å². The third kappa shape index (κ3) is 9.13. The van der Waals surface area contributed by atoms with Crippen LogP contribution in [0.5, 0.6) is 0 Å². The molecule has 1 heterocycles. The molecule has 5 nitrogen and oxygen atoms in total. The molecule has 0 radical (unpaired) electrons. The number of rotatable bonds is 6. The summed E-state index contributed by atoms with van der Waals surface area (Å²) in [4.78, 5) is 12.9. The highest BCUT2D eigenvalue weighted by Gasteiger charge is 2.18. The minimum atomic E-state index is 0.315. The van der Waals surface area contributed by atoms with Crippen molar-refractivity contribution in [1.82, 2.24) is 10.2 Å². The van der Waals surface area contributed by atoms with Crippen molar-refractivity contribution in [1.29, 1.82) is 0 Å². The zero-order chi connectivity index (χ0) is 14.5. The van der Waals surface area contributed by atoms with Crippen molar-refractivity contribution in [3.63, 3.8) is 0 Å². The highest BCUT2D eigenvalue weighted by atomic mass is 16.2. The fraction of sp³-hybridized carbons (Fsp3) is 0.643. The van der Waals surface area contributed by atoms with Gasteiger partial charge in [-0.05, 0) is 38.2 Å². The number of carbonyl (C=O) groups is 1. The van der Waals surface area contributed by atoms with Crippen LogP contribution in [-0.2, 0) is 4.79 Å². The summed E-state index contributed by atoms with van der Waals surface area (Å²) >= 11 is 0. The van der Waals surface area contributed by atoms with E-state index in [1.807, 2.05) is 18.0 Å². The van der Waals surface area contributed by atoms with Gasteiger partial charge in [0, 0.05) is 31.8 Å². The molecule has 0 bridgehead atoms. The lowest BCUT2D eigenvalue weighted by Gasteiger charge is -2.14. The number of allylic oxidation sites excluding steroid dienone is 3. The third-order valence-corrected chi connectivity index (χ3v) is 2.76. The molecule has 0 spiro atoms. The molecule has 0 aromatic heterocycles. The molecule has 0 aliphatic carbocycles. The van der Waals surface area contributed by atoms with Gasteiger partial charge in [-0.15, -0.1) is 0 Å². The number of carbonyl (C=O) groups excluding carboxylic acids is 1. The minimum absolute atomic E-state index is 0.315. The van der Waals surface area contributed by atoms with Crippen LogP contribution in [0.25, 0.3) is 0 Å². The fourth-order valence-corrected chi connectivity index (χ4v) is 1.74. The Bertz CT molecular complexity index is 300. The molecule has 19 heavy (non-hydrogen) atoms. The average molecular weight is 268 g/mol. The van der Waals surface area contributed by atoms with Gasteiger partial charge >= 0.3 is 0 Å². The number of nitrogens with one attached hydrogen (secondary N) is 1. The summed E-state index contributed by atoms with van der Waals surface area (Å²) in [7, 11) is 1.90. The van der Waals surface area contributed by atoms with Crippen LogP contribution >= 0.6 is 0 Å². The third-order valence-electron chi connectivity index (χ3n) is 2.76. The normalized spacial score (nSPS) is 15.8. The summed E-state index contributed by atoms with van der Waals surface area (Å²) in [6.45, 7) is 4.83. The Morgan fingerprint density at radius 2 is 2.26 bits per heavy atom. The number of likely N-dealkylation sites (tertiary alicyclic amines) is 1. The lowest BCUT2D eigenvalue weighted by atomic mass is 10.2. The van der Waals surface area contributed by atoms with Crippen LogP contribution in [0.3, 0.4) is 0 Å². The minimum Gasteiger partial charge on any atom is -0.405 e. The average Bonchev–Trinajstić information content (AvgIpc) is 2.80. The van der Waals surface area contributed by atoms with Crippen LogP contribution in [0.2, 0.25) is 0 Å². The second-order valence-corrected chi connectivity index (χ2v) is 4.46. The Kier molecular flexibility index (Phi) is 10.7. The highest BCUT2D eigenvalue weighted by Crippen LogP contribution is 2.07. The monoisotopic (exact) mass is 268 g/mol. The van der Waals surface area contributed by atoms with Gasteiger partial charge in [0.1, 0.15) is 0 Å². The van der Waals surface area contributed by atoms with Crippen LogP contribution in [0, 0.1) is 0 Å². The molecule has 0 aromatic carbocycles. The van der Waals surface area contributed by atoms with Gasteiger partial charge in [-0.25, -0.2) is 0 Å². The zero-order valence-electron chi connectivity index (χ0n) is 12.2. The van der Waals surface area contributed by atoms with Crippen molar-refractivity contribution in [2.75, 3.05) is 26.7 Å². The number of hydrogen-bond donors (Lipinski definition) is 3. The number of nitrogens with zero attached hydrogens (tertiary/aromatic N) is 1. The summed E-state index contributed by atoms with van der Waals surface area (Å²) in [5.41, 5.74) is 11.5. The molecule has 0 atom stereocenters. The number of amides is 1. The molecular formula is C14H28N4O. The second-order valence-electron chi connectivity index (χ2n) is 4.46. The molecule has 1 fully saturated rings. The maximum Gasteiger partial charge on any atom is 0.222 e. The molecule has 0 aromatic rings. The Balaban J connectivity index is 0.000000344.